The van der Waals surface area contributed by atoms with Gasteiger partial charge in [-0.3, -0.25) is 9.59 Å². The Balaban J connectivity index is 1.68. The topological polar surface area (TPSA) is 82.5 Å². The van der Waals surface area contributed by atoms with Crippen LogP contribution < -0.4 is 10.2 Å². The van der Waals surface area contributed by atoms with E-state index in [9.17, 15) is 18.4 Å². The van der Waals surface area contributed by atoms with E-state index in [0.717, 1.165) is 60.0 Å². The van der Waals surface area contributed by atoms with Crippen molar-refractivity contribution in [2.45, 2.75) is 38.5 Å². The second-order valence-corrected chi connectivity index (χ2v) is 9.71. The number of carbonyl (C=O) groups is 2. The lowest BCUT2D eigenvalue weighted by atomic mass is 9.93. The lowest BCUT2D eigenvalue weighted by Gasteiger charge is -2.23. The number of fused-ring (bicyclic) bond motifs is 1. The summed E-state index contributed by atoms with van der Waals surface area (Å²) in [6.07, 6.45) is 1.94. The molecule has 0 aliphatic carbocycles. The predicted octanol–water partition coefficient (Wildman–Crippen LogP) is 5.56. The molecule has 2 heterocycles. The van der Waals surface area contributed by atoms with Crippen LogP contribution in [-0.4, -0.2) is 41.6 Å². The Hall–Kier alpha value is -3.07. The largest absolute Gasteiger partial charge is 0.481 e. The first-order valence-electron chi connectivity index (χ1n) is 11.5. The van der Waals surface area contributed by atoms with Crippen LogP contribution in [0, 0.1) is 18.6 Å². The Labute approximate surface area is 210 Å². The summed E-state index contributed by atoms with van der Waals surface area (Å²) >= 11 is 3.46. The Morgan fingerprint density at radius 2 is 1.91 bits per heavy atom. The van der Waals surface area contributed by atoms with Gasteiger partial charge in [0, 0.05) is 47.4 Å². The molecular weight excluding hydrogens is 520 g/mol. The van der Waals surface area contributed by atoms with E-state index in [4.69, 9.17) is 10.1 Å². The standard InChI is InChI=1S/C26H26BrF2N3O3/c1-15-24(20-12-17(27)5-8-22(20)31-25(15)32-10-2-3-11-32)26(35)30-14-16(4-9-23(33)34)19-13-18(28)6-7-21(19)29/h5-8,12-13,16H,2-4,9-11,14H2,1H3,(H,30,35)(H,33,34). The second-order valence-electron chi connectivity index (χ2n) is 8.80. The van der Waals surface area contributed by atoms with Crippen molar-refractivity contribution in [1.29, 1.82) is 0 Å². The number of nitrogens with one attached hydrogen (secondary N) is 1. The highest BCUT2D eigenvalue weighted by atomic mass is 79.9. The third-order valence-corrected chi connectivity index (χ3v) is 6.90. The number of carboxylic acids is 1. The molecule has 1 unspecified atom stereocenters. The van der Waals surface area contributed by atoms with Crippen LogP contribution in [0.2, 0.25) is 0 Å². The average Bonchev–Trinajstić information content (AvgIpc) is 3.35. The van der Waals surface area contributed by atoms with Crippen LogP contribution >= 0.6 is 15.9 Å². The first kappa shape index (κ1) is 25.0. The van der Waals surface area contributed by atoms with Gasteiger partial charge in [0.1, 0.15) is 17.5 Å². The minimum absolute atomic E-state index is 0.0389. The number of amides is 1. The first-order chi connectivity index (χ1) is 16.7. The summed E-state index contributed by atoms with van der Waals surface area (Å²) in [6.45, 7) is 3.56. The molecule has 4 rings (SSSR count). The lowest BCUT2D eigenvalue weighted by molar-refractivity contribution is -0.137. The van der Waals surface area contributed by atoms with E-state index in [1.165, 1.54) is 0 Å². The fourth-order valence-corrected chi connectivity index (χ4v) is 5.01. The number of carbonyl (C=O) groups excluding carboxylic acids is 1. The van der Waals surface area contributed by atoms with Crippen molar-refractivity contribution in [3.8, 4) is 0 Å². The molecule has 3 aromatic rings. The van der Waals surface area contributed by atoms with Gasteiger partial charge in [-0.25, -0.2) is 13.8 Å². The van der Waals surface area contributed by atoms with Crippen LogP contribution in [-0.2, 0) is 4.79 Å². The first-order valence-corrected chi connectivity index (χ1v) is 12.3. The molecule has 0 spiro atoms. The van der Waals surface area contributed by atoms with E-state index >= 15 is 0 Å². The number of halogens is 3. The third-order valence-electron chi connectivity index (χ3n) is 6.41. The van der Waals surface area contributed by atoms with E-state index in [-0.39, 0.29) is 30.9 Å². The van der Waals surface area contributed by atoms with Crippen molar-refractivity contribution < 1.29 is 23.5 Å². The van der Waals surface area contributed by atoms with E-state index < -0.39 is 23.5 Å². The summed E-state index contributed by atoms with van der Waals surface area (Å²) < 4.78 is 29.1. The Morgan fingerprint density at radius 3 is 2.63 bits per heavy atom. The van der Waals surface area contributed by atoms with E-state index in [0.29, 0.717) is 16.5 Å². The molecule has 1 atom stereocenters. The van der Waals surface area contributed by atoms with Gasteiger partial charge in [0.25, 0.3) is 5.91 Å². The summed E-state index contributed by atoms with van der Waals surface area (Å²) in [6, 6.07) is 8.65. The normalized spacial score (nSPS) is 14.3. The smallest absolute Gasteiger partial charge is 0.303 e. The number of hydrogen-bond donors (Lipinski definition) is 2. The highest BCUT2D eigenvalue weighted by Gasteiger charge is 2.25. The van der Waals surface area contributed by atoms with Gasteiger partial charge >= 0.3 is 5.97 Å². The zero-order chi connectivity index (χ0) is 25.1. The van der Waals surface area contributed by atoms with Crippen LogP contribution in [0.3, 0.4) is 0 Å². The molecule has 2 N–H and O–H groups in total. The number of benzene rings is 2. The molecule has 1 fully saturated rings. The predicted molar refractivity (Wildman–Crippen MR) is 134 cm³/mol. The molecule has 1 saturated heterocycles. The van der Waals surface area contributed by atoms with Crippen LogP contribution in [0.1, 0.15) is 53.1 Å². The molecule has 1 aliphatic heterocycles. The molecular formula is C26H26BrF2N3O3. The van der Waals surface area contributed by atoms with Crippen molar-refractivity contribution in [3.63, 3.8) is 0 Å². The number of nitrogens with zero attached hydrogens (tertiary/aromatic N) is 2. The van der Waals surface area contributed by atoms with Crippen LogP contribution in [0.5, 0.6) is 0 Å². The Morgan fingerprint density at radius 1 is 1.17 bits per heavy atom. The van der Waals surface area contributed by atoms with Crippen molar-refractivity contribution in [1.82, 2.24) is 10.3 Å². The monoisotopic (exact) mass is 545 g/mol. The Kier molecular flexibility index (Phi) is 7.64. The van der Waals surface area contributed by atoms with Gasteiger partial charge in [-0.15, -0.1) is 0 Å². The molecule has 1 aromatic heterocycles. The number of pyridine rings is 1. The van der Waals surface area contributed by atoms with E-state index in [1.807, 2.05) is 25.1 Å². The highest BCUT2D eigenvalue weighted by Crippen LogP contribution is 2.32. The molecule has 1 amide bonds. The van der Waals surface area contributed by atoms with Crippen LogP contribution in [0.25, 0.3) is 10.9 Å². The van der Waals surface area contributed by atoms with E-state index in [2.05, 4.69) is 26.1 Å². The molecule has 184 valence electrons. The summed E-state index contributed by atoms with van der Waals surface area (Å²) in [5.74, 6) is -2.62. The SMILES string of the molecule is Cc1c(N2CCCC2)nc2ccc(Br)cc2c1C(=O)NCC(CCC(=O)O)c1cc(F)ccc1F. The van der Waals surface area contributed by atoms with Gasteiger partial charge in [-0.05, 0) is 68.1 Å². The van der Waals surface area contributed by atoms with Gasteiger partial charge in [-0.2, -0.15) is 0 Å². The zero-order valence-electron chi connectivity index (χ0n) is 19.3. The van der Waals surface area contributed by atoms with Crippen molar-refractivity contribution in [2.75, 3.05) is 24.5 Å². The minimum Gasteiger partial charge on any atom is -0.481 e. The maximum atomic E-state index is 14.5. The number of anilines is 1. The number of aromatic nitrogens is 1. The fourth-order valence-electron chi connectivity index (χ4n) is 4.64. The van der Waals surface area contributed by atoms with Gasteiger partial charge in [0.15, 0.2) is 0 Å². The third kappa shape index (κ3) is 5.61. The van der Waals surface area contributed by atoms with Gasteiger partial charge in [0.2, 0.25) is 0 Å². The van der Waals surface area contributed by atoms with Crippen molar-refractivity contribution in [2.24, 2.45) is 0 Å². The van der Waals surface area contributed by atoms with Gasteiger partial charge in [0.05, 0.1) is 11.1 Å². The Bertz CT molecular complexity index is 1280. The summed E-state index contributed by atoms with van der Waals surface area (Å²) in [4.78, 5) is 31.7. The summed E-state index contributed by atoms with van der Waals surface area (Å²) in [7, 11) is 0. The second kappa shape index (κ2) is 10.7. The number of carboxylic acid groups (broad SMARTS) is 1. The molecule has 9 heteroatoms. The van der Waals surface area contributed by atoms with Gasteiger partial charge in [-0.1, -0.05) is 15.9 Å². The molecule has 6 nitrogen and oxygen atoms in total. The van der Waals surface area contributed by atoms with Crippen molar-refractivity contribution >= 4 is 44.5 Å². The molecule has 2 aromatic carbocycles. The maximum absolute atomic E-state index is 14.5. The number of aliphatic carboxylic acids is 1. The molecule has 0 radical (unpaired) electrons. The zero-order valence-corrected chi connectivity index (χ0v) is 20.9. The van der Waals surface area contributed by atoms with Crippen LogP contribution in [0.15, 0.2) is 40.9 Å². The highest BCUT2D eigenvalue weighted by molar-refractivity contribution is 9.10. The number of hydrogen-bond acceptors (Lipinski definition) is 4. The number of rotatable bonds is 8. The summed E-state index contributed by atoms with van der Waals surface area (Å²) in [5.41, 5.74) is 1.94. The molecule has 0 bridgehead atoms. The van der Waals surface area contributed by atoms with Crippen LogP contribution in [0.4, 0.5) is 14.6 Å². The molecule has 1 aliphatic rings. The fraction of sp³-hybridized carbons (Fsp3) is 0.346. The molecule has 0 saturated carbocycles. The average molecular weight is 546 g/mol. The molecule has 35 heavy (non-hydrogen) atoms. The minimum atomic E-state index is -1.05. The van der Waals surface area contributed by atoms with E-state index in [1.54, 1.807) is 0 Å². The quantitative estimate of drug-likeness (QED) is 0.387. The van der Waals surface area contributed by atoms with Crippen molar-refractivity contribution in [3.05, 3.63) is 69.2 Å². The maximum Gasteiger partial charge on any atom is 0.303 e. The van der Waals surface area contributed by atoms with Gasteiger partial charge < -0.3 is 15.3 Å². The lowest BCUT2D eigenvalue weighted by Crippen LogP contribution is -2.31. The summed E-state index contributed by atoms with van der Waals surface area (Å²) in [5, 5.41) is 12.7.